The Balaban J connectivity index is 1.19. The number of hydrogen-bond acceptors (Lipinski definition) is 6. The van der Waals surface area contributed by atoms with Crippen LogP contribution in [0.2, 0.25) is 0 Å². The Morgan fingerprint density at radius 1 is 0.517 bits per heavy atom. The lowest BCUT2D eigenvalue weighted by molar-refractivity contribution is 0.0956. The fourth-order valence-electron chi connectivity index (χ4n) is 7.78. The summed E-state index contributed by atoms with van der Waals surface area (Å²) in [6.45, 7) is 0.420. The van der Waals surface area contributed by atoms with Crippen LogP contribution in [0.3, 0.4) is 0 Å². The van der Waals surface area contributed by atoms with Crippen LogP contribution >= 0.6 is 0 Å². The molecule has 4 bridgehead atoms. The van der Waals surface area contributed by atoms with Gasteiger partial charge in [-0.1, -0.05) is 48.5 Å². The first-order chi connectivity index (χ1) is 28.3. The van der Waals surface area contributed by atoms with Crippen LogP contribution in [-0.4, -0.2) is 25.9 Å². The Morgan fingerprint density at radius 3 is 1.31 bits per heavy atom. The molecule has 9 rings (SSSR count). The molecule has 6 aromatic carbocycles. The van der Waals surface area contributed by atoms with Gasteiger partial charge in [0.05, 0.1) is 11.1 Å². The molecular weight excluding hydrogens is 739 g/mol. The number of benzene rings is 6. The second-order valence-corrected chi connectivity index (χ2v) is 14.2. The smallest absolute Gasteiger partial charge is 0.255 e. The maximum absolute atomic E-state index is 14.0. The number of fused-ring (bicyclic) bond motifs is 10. The van der Waals surface area contributed by atoms with Crippen LogP contribution in [0.15, 0.2) is 130 Å². The van der Waals surface area contributed by atoms with Gasteiger partial charge in [-0.3, -0.25) is 9.59 Å². The lowest BCUT2D eigenvalue weighted by atomic mass is 9.94. The van der Waals surface area contributed by atoms with E-state index in [1.165, 1.54) is 24.3 Å². The molecule has 8 aromatic rings. The molecule has 0 spiro atoms. The largest absolute Gasteiger partial charge is 0.489 e. The van der Waals surface area contributed by atoms with Crippen molar-refractivity contribution in [1.82, 2.24) is 10.6 Å². The van der Waals surface area contributed by atoms with Crippen molar-refractivity contribution in [3.05, 3.63) is 177 Å². The molecule has 8 nitrogen and oxygen atoms in total. The van der Waals surface area contributed by atoms with Gasteiger partial charge in [0.1, 0.15) is 59.0 Å². The summed E-state index contributed by atoms with van der Waals surface area (Å²) in [6, 6.07) is 35.0. The molecule has 2 N–H and O–H groups in total. The maximum atomic E-state index is 14.0. The summed E-state index contributed by atoms with van der Waals surface area (Å²) >= 11 is 0. The number of nitrogens with one attached hydrogen (secondary N) is 2. The standard InChI is InChI=1S/C48H36F2N2O6/c1-51-47(53)43-41-35-23-27-5-3-7-29(21-27)26-56-38-18-20-40-42(44(48(54)52-2)46(58-40)32-11-15-34(50)16-12-32)36(38)24-28-6-4-8-30(22-28)25-55-37(35)17-19-39(41)57-45(43)31-9-13-33(49)14-10-31/h3-22H,23-26H2,1-2H3,(H,51,53)(H,52,54). The van der Waals surface area contributed by atoms with Gasteiger partial charge in [0.2, 0.25) is 0 Å². The first-order valence-corrected chi connectivity index (χ1v) is 18.8. The van der Waals surface area contributed by atoms with Crippen molar-refractivity contribution in [2.45, 2.75) is 26.1 Å². The van der Waals surface area contributed by atoms with Crippen molar-refractivity contribution in [1.29, 1.82) is 0 Å². The summed E-state index contributed by atoms with van der Waals surface area (Å²) in [5, 5.41) is 6.75. The molecule has 0 saturated carbocycles. The molecular formula is C48H36F2N2O6. The number of halogens is 2. The van der Waals surface area contributed by atoms with Gasteiger partial charge in [0, 0.05) is 60.0 Å². The highest BCUT2D eigenvalue weighted by atomic mass is 19.1. The minimum absolute atomic E-state index is 0.210. The molecule has 58 heavy (non-hydrogen) atoms. The van der Waals surface area contributed by atoms with Gasteiger partial charge in [0.25, 0.3) is 11.8 Å². The quantitative estimate of drug-likeness (QED) is 0.185. The molecule has 0 radical (unpaired) electrons. The highest BCUT2D eigenvalue weighted by Gasteiger charge is 2.28. The Labute approximate surface area is 332 Å². The topological polar surface area (TPSA) is 103 Å². The summed E-state index contributed by atoms with van der Waals surface area (Å²) in [7, 11) is 3.13. The summed E-state index contributed by atoms with van der Waals surface area (Å²) in [5.41, 5.74) is 7.99. The van der Waals surface area contributed by atoms with E-state index in [0.717, 1.165) is 33.4 Å². The SMILES string of the molecule is CNC(=O)c1c(-c2ccc(F)cc2)oc2ccc3c(c12)Cc1cccc(c1)COc1ccc2oc(-c4ccc(F)cc4)c(C(=O)NC)c2c1Cc1cccc(c1)CO3. The van der Waals surface area contributed by atoms with Crippen LogP contribution in [0.4, 0.5) is 8.78 Å². The van der Waals surface area contributed by atoms with E-state index in [9.17, 15) is 18.4 Å². The Bertz CT molecular complexity index is 2680. The van der Waals surface area contributed by atoms with E-state index >= 15 is 0 Å². The van der Waals surface area contributed by atoms with Gasteiger partial charge >= 0.3 is 0 Å². The van der Waals surface area contributed by atoms with E-state index in [4.69, 9.17) is 18.3 Å². The van der Waals surface area contributed by atoms with Crippen LogP contribution in [0, 0.1) is 11.6 Å². The second kappa shape index (κ2) is 15.0. The number of carbonyl (C=O) groups excluding carboxylic acids is 2. The van der Waals surface area contributed by atoms with E-state index in [2.05, 4.69) is 22.8 Å². The number of hydrogen-bond donors (Lipinski definition) is 2. The molecule has 10 heteroatoms. The van der Waals surface area contributed by atoms with Crippen molar-refractivity contribution >= 4 is 33.8 Å². The zero-order chi connectivity index (χ0) is 39.9. The molecule has 0 fully saturated rings. The average Bonchev–Trinajstić information content (AvgIpc) is 3.83. The van der Waals surface area contributed by atoms with Gasteiger partial charge in [0.15, 0.2) is 0 Å². The van der Waals surface area contributed by atoms with Crippen LogP contribution in [0.25, 0.3) is 44.6 Å². The first-order valence-electron chi connectivity index (χ1n) is 18.8. The predicted octanol–water partition coefficient (Wildman–Crippen LogP) is 10.2. The van der Waals surface area contributed by atoms with Crippen LogP contribution in [0.1, 0.15) is 54.1 Å². The average molecular weight is 775 g/mol. The monoisotopic (exact) mass is 774 g/mol. The molecule has 2 aromatic heterocycles. The van der Waals surface area contributed by atoms with Crippen molar-refractivity contribution in [2.75, 3.05) is 14.1 Å². The van der Waals surface area contributed by atoms with Crippen LogP contribution in [0.5, 0.6) is 11.5 Å². The lowest BCUT2D eigenvalue weighted by Gasteiger charge is -2.17. The molecule has 0 unspecified atom stereocenters. The summed E-state index contributed by atoms with van der Waals surface area (Å²) < 4.78 is 53.9. The molecule has 288 valence electrons. The van der Waals surface area contributed by atoms with Crippen molar-refractivity contribution in [3.8, 4) is 34.1 Å². The molecule has 1 aliphatic rings. The van der Waals surface area contributed by atoms with Gasteiger partial charge in [-0.2, -0.15) is 0 Å². The highest BCUT2D eigenvalue weighted by molar-refractivity contribution is 6.13. The third-order valence-electron chi connectivity index (χ3n) is 10.5. The molecule has 2 amide bonds. The van der Waals surface area contributed by atoms with Gasteiger partial charge in [-0.15, -0.1) is 0 Å². The summed E-state index contributed by atoms with van der Waals surface area (Å²) in [5.74, 6) is 0.349. The predicted molar refractivity (Wildman–Crippen MR) is 217 cm³/mol. The van der Waals surface area contributed by atoms with E-state index in [1.807, 2.05) is 48.5 Å². The maximum Gasteiger partial charge on any atom is 0.255 e. The summed E-state index contributed by atoms with van der Waals surface area (Å²) in [6.07, 6.45) is 0.779. The molecule has 3 heterocycles. The van der Waals surface area contributed by atoms with E-state index in [1.54, 1.807) is 50.5 Å². The second-order valence-electron chi connectivity index (χ2n) is 14.2. The normalized spacial score (nSPS) is 12.6. The number of carbonyl (C=O) groups is 2. The molecule has 0 atom stereocenters. The number of furan rings is 2. The lowest BCUT2D eigenvalue weighted by Crippen LogP contribution is -2.18. The van der Waals surface area contributed by atoms with E-state index in [0.29, 0.717) is 80.1 Å². The van der Waals surface area contributed by atoms with Crippen molar-refractivity contribution < 1.29 is 36.7 Å². The summed E-state index contributed by atoms with van der Waals surface area (Å²) in [4.78, 5) is 27.3. The van der Waals surface area contributed by atoms with Gasteiger partial charge < -0.3 is 28.9 Å². The Kier molecular flexibility index (Phi) is 9.45. The highest BCUT2D eigenvalue weighted by Crippen LogP contribution is 2.42. The van der Waals surface area contributed by atoms with Gasteiger partial charge in [-0.05, 0) is 95.1 Å². The third-order valence-corrected chi connectivity index (χ3v) is 10.5. The third kappa shape index (κ3) is 6.72. The molecule has 0 saturated heterocycles. The van der Waals surface area contributed by atoms with Crippen LogP contribution < -0.4 is 20.1 Å². The number of amides is 2. The molecule has 0 aliphatic carbocycles. The first kappa shape index (κ1) is 36.4. The Hall–Kier alpha value is -7.20. The Morgan fingerprint density at radius 2 is 0.914 bits per heavy atom. The minimum Gasteiger partial charge on any atom is -0.489 e. The zero-order valence-corrected chi connectivity index (χ0v) is 31.6. The van der Waals surface area contributed by atoms with Crippen LogP contribution in [-0.2, 0) is 26.1 Å². The minimum atomic E-state index is -0.395. The number of rotatable bonds is 4. The zero-order valence-electron chi connectivity index (χ0n) is 31.6. The van der Waals surface area contributed by atoms with E-state index < -0.39 is 11.6 Å². The fourth-order valence-corrected chi connectivity index (χ4v) is 7.78. The number of ether oxygens (including phenoxy) is 2. The van der Waals surface area contributed by atoms with Crippen molar-refractivity contribution in [2.24, 2.45) is 0 Å². The fraction of sp³-hybridized carbons (Fsp3) is 0.125. The molecule has 1 aliphatic heterocycles. The van der Waals surface area contributed by atoms with Gasteiger partial charge in [-0.25, -0.2) is 8.78 Å². The van der Waals surface area contributed by atoms with Crippen molar-refractivity contribution in [3.63, 3.8) is 0 Å². The van der Waals surface area contributed by atoms with E-state index in [-0.39, 0.29) is 25.0 Å².